The van der Waals surface area contributed by atoms with Crippen molar-refractivity contribution in [1.29, 1.82) is 0 Å². The summed E-state index contributed by atoms with van der Waals surface area (Å²) in [6, 6.07) is 8.56. The molecule has 0 radical (unpaired) electrons. The van der Waals surface area contributed by atoms with E-state index < -0.39 is 18.8 Å². The van der Waals surface area contributed by atoms with Crippen LogP contribution in [0.15, 0.2) is 24.3 Å². The Labute approximate surface area is 130 Å². The van der Waals surface area contributed by atoms with Crippen molar-refractivity contribution >= 4 is 11.9 Å². The number of nitrogens with one attached hydrogen (secondary N) is 2. The molecule has 1 amide bonds. The van der Waals surface area contributed by atoms with Crippen molar-refractivity contribution in [1.82, 2.24) is 10.6 Å². The molecule has 1 aliphatic heterocycles. The van der Waals surface area contributed by atoms with E-state index in [1.165, 1.54) is 11.1 Å². The summed E-state index contributed by atoms with van der Waals surface area (Å²) in [7, 11) is 0. The van der Waals surface area contributed by atoms with Gasteiger partial charge in [0.2, 0.25) is 5.91 Å². The van der Waals surface area contributed by atoms with Gasteiger partial charge in [-0.1, -0.05) is 24.3 Å². The second-order valence-corrected chi connectivity index (χ2v) is 4.82. The van der Waals surface area contributed by atoms with E-state index in [0.717, 1.165) is 13.0 Å². The van der Waals surface area contributed by atoms with E-state index >= 15 is 0 Å². The van der Waals surface area contributed by atoms with E-state index in [1.807, 2.05) is 12.1 Å². The summed E-state index contributed by atoms with van der Waals surface area (Å²) < 4.78 is 31.7. The maximum absolute atomic E-state index is 10.9. The van der Waals surface area contributed by atoms with E-state index in [2.05, 4.69) is 22.8 Å². The number of aliphatic hydroxyl groups is 1. The predicted octanol–water partition coefficient (Wildman–Crippen LogP) is 0.443. The van der Waals surface area contributed by atoms with Crippen molar-refractivity contribution in [3.05, 3.63) is 35.4 Å². The van der Waals surface area contributed by atoms with Crippen LogP contribution in [0.4, 0.5) is 13.2 Å². The standard InChI is InChI=1S/C12H16N2O2.C2HF3O2/c15-8-12(16)14-7-11-5-9-3-1-2-4-10(9)6-13-11;3-2(4,5)1(6)7/h1-4,11,13,15H,5-8H2,(H,14,16);(H,6,7)/t11-;/m0./s1. The summed E-state index contributed by atoms with van der Waals surface area (Å²) >= 11 is 0. The van der Waals surface area contributed by atoms with Gasteiger partial charge in [0, 0.05) is 19.1 Å². The molecule has 23 heavy (non-hydrogen) atoms. The molecule has 1 heterocycles. The average molecular weight is 334 g/mol. The molecule has 0 bridgehead atoms. The lowest BCUT2D eigenvalue weighted by atomic mass is 9.96. The van der Waals surface area contributed by atoms with Crippen molar-refractivity contribution in [2.24, 2.45) is 0 Å². The number of halogens is 3. The highest BCUT2D eigenvalue weighted by Gasteiger charge is 2.38. The van der Waals surface area contributed by atoms with Gasteiger partial charge in [0.05, 0.1) is 0 Å². The van der Waals surface area contributed by atoms with Crippen LogP contribution in [-0.4, -0.2) is 47.5 Å². The van der Waals surface area contributed by atoms with Crippen LogP contribution < -0.4 is 10.6 Å². The molecule has 1 aromatic rings. The van der Waals surface area contributed by atoms with Crippen LogP contribution in [0.25, 0.3) is 0 Å². The number of aliphatic hydroxyl groups excluding tert-OH is 1. The highest BCUT2D eigenvalue weighted by Crippen LogP contribution is 2.15. The van der Waals surface area contributed by atoms with Gasteiger partial charge < -0.3 is 20.8 Å². The van der Waals surface area contributed by atoms with E-state index in [1.54, 1.807) is 0 Å². The third-order valence-electron chi connectivity index (χ3n) is 3.10. The molecule has 0 aromatic heterocycles. The zero-order valence-corrected chi connectivity index (χ0v) is 12.1. The lowest BCUT2D eigenvalue weighted by Gasteiger charge is -2.26. The maximum Gasteiger partial charge on any atom is 0.490 e. The number of alkyl halides is 3. The van der Waals surface area contributed by atoms with Gasteiger partial charge in [-0.2, -0.15) is 13.2 Å². The first-order valence-electron chi connectivity index (χ1n) is 6.72. The Bertz CT molecular complexity index is 549. The molecule has 1 atom stereocenters. The number of carbonyl (C=O) groups excluding carboxylic acids is 1. The summed E-state index contributed by atoms with van der Waals surface area (Å²) in [4.78, 5) is 19.8. The topological polar surface area (TPSA) is 98.7 Å². The zero-order chi connectivity index (χ0) is 17.5. The summed E-state index contributed by atoms with van der Waals surface area (Å²) in [5.74, 6) is -3.08. The smallest absolute Gasteiger partial charge is 0.475 e. The first-order chi connectivity index (χ1) is 10.7. The first-order valence-corrected chi connectivity index (χ1v) is 6.72. The molecule has 0 saturated heterocycles. The Morgan fingerprint density at radius 3 is 2.35 bits per heavy atom. The lowest BCUT2D eigenvalue weighted by molar-refractivity contribution is -0.192. The average Bonchev–Trinajstić information content (AvgIpc) is 2.52. The lowest BCUT2D eigenvalue weighted by Crippen LogP contribution is -2.45. The van der Waals surface area contributed by atoms with Gasteiger partial charge in [0.1, 0.15) is 6.61 Å². The van der Waals surface area contributed by atoms with Gasteiger partial charge in [-0.25, -0.2) is 4.79 Å². The van der Waals surface area contributed by atoms with Crippen LogP contribution in [0.1, 0.15) is 11.1 Å². The van der Waals surface area contributed by atoms with Crippen LogP contribution in [0, 0.1) is 0 Å². The number of aliphatic carboxylic acids is 1. The number of carbonyl (C=O) groups is 2. The number of rotatable bonds is 3. The molecule has 0 saturated carbocycles. The molecule has 0 unspecified atom stereocenters. The van der Waals surface area contributed by atoms with Gasteiger partial charge in [0.25, 0.3) is 0 Å². The Hall–Kier alpha value is -2.13. The Morgan fingerprint density at radius 2 is 1.83 bits per heavy atom. The number of amides is 1. The van der Waals surface area contributed by atoms with Gasteiger partial charge in [-0.3, -0.25) is 4.79 Å². The molecule has 128 valence electrons. The zero-order valence-electron chi connectivity index (χ0n) is 12.1. The molecule has 4 N–H and O–H groups in total. The van der Waals surface area contributed by atoms with E-state index in [4.69, 9.17) is 15.0 Å². The second kappa shape index (κ2) is 8.49. The van der Waals surface area contributed by atoms with Crippen LogP contribution in [0.5, 0.6) is 0 Å². The van der Waals surface area contributed by atoms with Crippen molar-refractivity contribution in [3.8, 4) is 0 Å². The Morgan fingerprint density at radius 1 is 1.26 bits per heavy atom. The quantitative estimate of drug-likeness (QED) is 0.643. The van der Waals surface area contributed by atoms with Crippen LogP contribution >= 0.6 is 0 Å². The minimum atomic E-state index is -5.08. The fourth-order valence-corrected chi connectivity index (χ4v) is 1.96. The number of fused-ring (bicyclic) bond motifs is 1. The summed E-state index contributed by atoms with van der Waals surface area (Å²) in [5, 5.41) is 21.8. The largest absolute Gasteiger partial charge is 0.490 e. The number of carboxylic acids is 1. The minimum Gasteiger partial charge on any atom is -0.475 e. The SMILES string of the molecule is O=C(CO)NC[C@@H]1Cc2ccccc2CN1.O=C(O)C(F)(F)F. The fraction of sp³-hybridized carbons (Fsp3) is 0.429. The van der Waals surface area contributed by atoms with Crippen LogP contribution in [0.3, 0.4) is 0 Å². The van der Waals surface area contributed by atoms with E-state index in [-0.39, 0.29) is 11.9 Å². The fourth-order valence-electron chi connectivity index (χ4n) is 1.96. The van der Waals surface area contributed by atoms with E-state index in [0.29, 0.717) is 6.54 Å². The molecular weight excluding hydrogens is 317 g/mol. The van der Waals surface area contributed by atoms with Crippen LogP contribution in [0.2, 0.25) is 0 Å². The summed E-state index contributed by atoms with van der Waals surface area (Å²) in [6.07, 6.45) is -4.16. The first kappa shape index (κ1) is 18.9. The number of hydrogen-bond donors (Lipinski definition) is 4. The van der Waals surface area contributed by atoms with Gasteiger partial charge in [0.15, 0.2) is 0 Å². The molecule has 9 heteroatoms. The molecule has 1 aromatic carbocycles. The van der Waals surface area contributed by atoms with Gasteiger partial charge in [-0.15, -0.1) is 0 Å². The normalized spacial score (nSPS) is 16.6. The second-order valence-electron chi connectivity index (χ2n) is 4.82. The monoisotopic (exact) mass is 334 g/mol. The van der Waals surface area contributed by atoms with Gasteiger partial charge >= 0.3 is 12.1 Å². The molecule has 2 rings (SSSR count). The van der Waals surface area contributed by atoms with Gasteiger partial charge in [-0.05, 0) is 17.5 Å². The van der Waals surface area contributed by atoms with Crippen molar-refractivity contribution < 1.29 is 33.0 Å². The third-order valence-corrected chi connectivity index (χ3v) is 3.10. The summed E-state index contributed by atoms with van der Waals surface area (Å²) in [6.45, 7) is 0.965. The Kier molecular flexibility index (Phi) is 6.98. The summed E-state index contributed by atoms with van der Waals surface area (Å²) in [5.41, 5.74) is 2.66. The Balaban J connectivity index is 0.000000322. The highest BCUT2D eigenvalue weighted by molar-refractivity contribution is 5.76. The molecule has 0 spiro atoms. The molecule has 1 aliphatic rings. The van der Waals surface area contributed by atoms with E-state index in [9.17, 15) is 18.0 Å². The number of benzene rings is 1. The maximum atomic E-state index is 10.9. The molecule has 0 aliphatic carbocycles. The number of hydrogen-bond acceptors (Lipinski definition) is 4. The molecule has 6 nitrogen and oxygen atoms in total. The van der Waals surface area contributed by atoms with Crippen molar-refractivity contribution in [2.75, 3.05) is 13.2 Å². The third kappa shape index (κ3) is 6.66. The molecular formula is C14H17F3N2O4. The van der Waals surface area contributed by atoms with Crippen molar-refractivity contribution in [2.45, 2.75) is 25.2 Å². The minimum absolute atomic E-state index is 0.255. The number of carboxylic acid groups (broad SMARTS) is 1. The highest BCUT2D eigenvalue weighted by atomic mass is 19.4. The van der Waals surface area contributed by atoms with Crippen LogP contribution in [-0.2, 0) is 22.6 Å². The van der Waals surface area contributed by atoms with Crippen molar-refractivity contribution in [3.63, 3.8) is 0 Å². The predicted molar refractivity (Wildman–Crippen MR) is 74.6 cm³/mol. The molecule has 0 fully saturated rings.